The van der Waals surface area contributed by atoms with Gasteiger partial charge in [-0.05, 0) is 61.2 Å². The summed E-state index contributed by atoms with van der Waals surface area (Å²) < 4.78 is 34.2. The number of ether oxygens (including phenoxy) is 1. The molecule has 1 fully saturated rings. The molecular formula is C32H39N3O5S. The Labute approximate surface area is 243 Å². The van der Waals surface area contributed by atoms with Gasteiger partial charge in [-0.1, -0.05) is 74.7 Å². The lowest BCUT2D eigenvalue weighted by molar-refractivity contribution is -0.140. The van der Waals surface area contributed by atoms with E-state index in [1.807, 2.05) is 31.2 Å². The van der Waals surface area contributed by atoms with Gasteiger partial charge in [0, 0.05) is 12.6 Å². The number of carbonyl (C=O) groups excluding carboxylic acids is 2. The highest BCUT2D eigenvalue weighted by atomic mass is 32.2. The first-order valence-corrected chi connectivity index (χ1v) is 15.6. The van der Waals surface area contributed by atoms with Gasteiger partial charge in [0.15, 0.2) is 0 Å². The Morgan fingerprint density at radius 1 is 0.927 bits per heavy atom. The minimum absolute atomic E-state index is 0.0816. The van der Waals surface area contributed by atoms with Crippen molar-refractivity contribution in [3.8, 4) is 5.75 Å². The van der Waals surface area contributed by atoms with Crippen LogP contribution in [0.5, 0.6) is 5.75 Å². The Hall–Kier alpha value is -3.85. The molecule has 3 aromatic rings. The molecule has 1 atom stereocenters. The first-order chi connectivity index (χ1) is 19.8. The molecule has 0 aliphatic heterocycles. The molecule has 0 heterocycles. The van der Waals surface area contributed by atoms with E-state index in [2.05, 4.69) is 5.32 Å². The predicted molar refractivity (Wildman–Crippen MR) is 160 cm³/mol. The van der Waals surface area contributed by atoms with E-state index < -0.39 is 28.5 Å². The number of nitrogens with zero attached hydrogens (tertiary/aromatic N) is 2. The van der Waals surface area contributed by atoms with Gasteiger partial charge in [-0.3, -0.25) is 13.9 Å². The SMILES string of the molecule is CCC(C(=O)NC1CCCCC1)N(Cc1cccc(OC)c1)C(=O)CN(c1ccccc1)S(=O)(=O)c1ccccc1. The Morgan fingerprint density at radius 3 is 2.22 bits per heavy atom. The first-order valence-electron chi connectivity index (χ1n) is 14.2. The van der Waals surface area contributed by atoms with Crippen molar-refractivity contribution in [3.63, 3.8) is 0 Å². The molecule has 0 bridgehead atoms. The second-order valence-electron chi connectivity index (χ2n) is 10.3. The van der Waals surface area contributed by atoms with Crippen LogP contribution in [0.25, 0.3) is 0 Å². The molecule has 1 unspecified atom stereocenters. The van der Waals surface area contributed by atoms with Crippen LogP contribution in [0.1, 0.15) is 51.0 Å². The predicted octanol–water partition coefficient (Wildman–Crippen LogP) is 5.15. The number of hydrogen-bond acceptors (Lipinski definition) is 5. The molecule has 4 rings (SSSR count). The monoisotopic (exact) mass is 577 g/mol. The van der Waals surface area contributed by atoms with Gasteiger partial charge in [-0.15, -0.1) is 0 Å². The summed E-state index contributed by atoms with van der Waals surface area (Å²) >= 11 is 0. The third-order valence-electron chi connectivity index (χ3n) is 7.48. The molecule has 1 saturated carbocycles. The van der Waals surface area contributed by atoms with Crippen LogP contribution in [0.15, 0.2) is 89.8 Å². The minimum Gasteiger partial charge on any atom is -0.497 e. The van der Waals surface area contributed by atoms with Crippen molar-refractivity contribution in [2.45, 2.75) is 69.0 Å². The number of methoxy groups -OCH3 is 1. The molecule has 1 N–H and O–H groups in total. The molecule has 0 spiro atoms. The Kier molecular flexibility index (Phi) is 10.4. The van der Waals surface area contributed by atoms with Crippen molar-refractivity contribution >= 4 is 27.5 Å². The van der Waals surface area contributed by atoms with Crippen molar-refractivity contribution < 1.29 is 22.7 Å². The van der Waals surface area contributed by atoms with Crippen LogP contribution >= 0.6 is 0 Å². The van der Waals surface area contributed by atoms with Crippen LogP contribution in [0.2, 0.25) is 0 Å². The molecule has 2 amide bonds. The van der Waals surface area contributed by atoms with Crippen LogP contribution in [0.4, 0.5) is 5.69 Å². The van der Waals surface area contributed by atoms with E-state index in [1.54, 1.807) is 55.6 Å². The van der Waals surface area contributed by atoms with Gasteiger partial charge in [0.2, 0.25) is 11.8 Å². The van der Waals surface area contributed by atoms with E-state index in [9.17, 15) is 18.0 Å². The lowest BCUT2D eigenvalue weighted by Crippen LogP contribution is -2.54. The molecule has 8 nitrogen and oxygen atoms in total. The second-order valence-corrected chi connectivity index (χ2v) is 12.2. The zero-order valence-corrected chi connectivity index (χ0v) is 24.6. The topological polar surface area (TPSA) is 96.0 Å². The van der Waals surface area contributed by atoms with E-state index in [0.717, 1.165) is 42.0 Å². The van der Waals surface area contributed by atoms with Gasteiger partial charge >= 0.3 is 0 Å². The highest BCUT2D eigenvalue weighted by Gasteiger charge is 2.34. The van der Waals surface area contributed by atoms with E-state index in [1.165, 1.54) is 17.0 Å². The third kappa shape index (κ3) is 7.67. The lowest BCUT2D eigenvalue weighted by Gasteiger charge is -2.34. The zero-order chi connectivity index (χ0) is 29.2. The fourth-order valence-electron chi connectivity index (χ4n) is 5.27. The number of rotatable bonds is 12. The summed E-state index contributed by atoms with van der Waals surface area (Å²) in [6, 6.07) is 23.3. The van der Waals surface area contributed by atoms with Gasteiger partial charge < -0.3 is 15.0 Å². The van der Waals surface area contributed by atoms with Gasteiger partial charge in [0.1, 0.15) is 18.3 Å². The van der Waals surface area contributed by atoms with Gasteiger partial charge in [0.25, 0.3) is 10.0 Å². The Bertz CT molecular complexity index is 1390. The van der Waals surface area contributed by atoms with Crippen LogP contribution in [0, 0.1) is 0 Å². The minimum atomic E-state index is -4.08. The van der Waals surface area contributed by atoms with E-state index in [4.69, 9.17) is 4.74 Å². The summed E-state index contributed by atoms with van der Waals surface area (Å²) in [5, 5.41) is 3.17. The van der Waals surface area contributed by atoms with E-state index >= 15 is 0 Å². The van der Waals surface area contributed by atoms with Crippen LogP contribution in [0.3, 0.4) is 0 Å². The van der Waals surface area contributed by atoms with Crippen LogP contribution in [-0.4, -0.2) is 50.9 Å². The molecular weight excluding hydrogens is 538 g/mol. The quantitative estimate of drug-likeness (QED) is 0.321. The van der Waals surface area contributed by atoms with Crippen molar-refractivity contribution in [1.82, 2.24) is 10.2 Å². The number of nitrogens with one attached hydrogen (secondary N) is 1. The number of para-hydroxylation sites is 1. The molecule has 1 aliphatic carbocycles. The van der Waals surface area contributed by atoms with Crippen molar-refractivity contribution in [2.24, 2.45) is 0 Å². The van der Waals surface area contributed by atoms with Gasteiger partial charge in [0.05, 0.1) is 17.7 Å². The van der Waals surface area contributed by atoms with E-state index in [0.29, 0.717) is 17.9 Å². The van der Waals surface area contributed by atoms with Crippen LogP contribution < -0.4 is 14.4 Å². The fourth-order valence-corrected chi connectivity index (χ4v) is 6.71. The summed E-state index contributed by atoms with van der Waals surface area (Å²) in [5.74, 6) is -0.0539. The van der Waals surface area contributed by atoms with Crippen molar-refractivity contribution in [3.05, 3.63) is 90.5 Å². The number of carbonyl (C=O) groups is 2. The molecule has 9 heteroatoms. The second kappa shape index (κ2) is 14.2. The summed E-state index contributed by atoms with van der Waals surface area (Å²) in [6.07, 6.45) is 5.52. The number of sulfonamides is 1. The summed E-state index contributed by atoms with van der Waals surface area (Å²) in [7, 11) is -2.51. The van der Waals surface area contributed by atoms with Gasteiger partial charge in [-0.25, -0.2) is 8.42 Å². The largest absolute Gasteiger partial charge is 0.497 e. The van der Waals surface area contributed by atoms with Gasteiger partial charge in [-0.2, -0.15) is 0 Å². The maximum atomic E-state index is 14.2. The smallest absolute Gasteiger partial charge is 0.264 e. The summed E-state index contributed by atoms with van der Waals surface area (Å²) in [5.41, 5.74) is 1.14. The third-order valence-corrected chi connectivity index (χ3v) is 9.27. The fraction of sp³-hybridized carbons (Fsp3) is 0.375. The van der Waals surface area contributed by atoms with E-state index in [-0.39, 0.29) is 23.4 Å². The molecule has 41 heavy (non-hydrogen) atoms. The molecule has 218 valence electrons. The normalized spacial score (nSPS) is 14.6. The number of amides is 2. The maximum absolute atomic E-state index is 14.2. The summed E-state index contributed by atoms with van der Waals surface area (Å²) in [6.45, 7) is 1.53. The lowest BCUT2D eigenvalue weighted by atomic mass is 9.95. The molecule has 0 aromatic heterocycles. The Balaban J connectivity index is 1.68. The number of benzene rings is 3. The molecule has 1 aliphatic rings. The average Bonchev–Trinajstić information content (AvgIpc) is 3.01. The highest BCUT2D eigenvalue weighted by molar-refractivity contribution is 7.92. The standard InChI is InChI=1S/C32H39N3O5S/c1-3-30(32(37)33-26-15-7-4-8-16-26)34(23-25-14-13-19-28(22-25)40-2)31(36)24-35(27-17-9-5-10-18-27)41(38,39)29-20-11-6-12-21-29/h5-6,9-14,17-22,26,30H,3-4,7-8,15-16,23-24H2,1-2H3,(H,33,37). The molecule has 0 radical (unpaired) electrons. The molecule has 0 saturated heterocycles. The highest BCUT2D eigenvalue weighted by Crippen LogP contribution is 2.25. The van der Waals surface area contributed by atoms with Crippen LogP contribution in [-0.2, 0) is 26.2 Å². The van der Waals surface area contributed by atoms with Crippen molar-refractivity contribution in [1.29, 1.82) is 0 Å². The first kappa shape index (κ1) is 30.1. The average molecular weight is 578 g/mol. The number of anilines is 1. The number of hydrogen-bond donors (Lipinski definition) is 1. The molecule has 3 aromatic carbocycles. The maximum Gasteiger partial charge on any atom is 0.264 e. The summed E-state index contributed by atoms with van der Waals surface area (Å²) in [4.78, 5) is 29.4. The Morgan fingerprint density at radius 2 is 1.59 bits per heavy atom. The zero-order valence-electron chi connectivity index (χ0n) is 23.7. The van der Waals surface area contributed by atoms with Crippen molar-refractivity contribution in [2.75, 3.05) is 18.0 Å².